The Labute approximate surface area is 229 Å². The molecule has 1 aromatic carbocycles. The number of ether oxygens (including phenoxy) is 6. The number of thioether (sulfide) groups is 1. The molecule has 7 atom stereocenters. The summed E-state index contributed by atoms with van der Waals surface area (Å²) in [6.45, 7) is 10.8. The third-order valence-corrected chi connectivity index (χ3v) is 8.76. The van der Waals surface area contributed by atoms with Gasteiger partial charge < -0.3 is 38.6 Å². The molecule has 0 bridgehead atoms. The van der Waals surface area contributed by atoms with E-state index in [9.17, 15) is 19.7 Å². The largest absolute Gasteiger partial charge is 0.496 e. The van der Waals surface area contributed by atoms with E-state index in [4.69, 9.17) is 28.4 Å². The van der Waals surface area contributed by atoms with E-state index in [0.717, 1.165) is 0 Å². The number of carbonyl (C=O) groups is 2. The summed E-state index contributed by atoms with van der Waals surface area (Å²) in [6.07, 6.45) is -2.58. The molecule has 14 heteroatoms. The second-order valence-electron chi connectivity index (χ2n) is 11.3. The van der Waals surface area contributed by atoms with Crippen molar-refractivity contribution in [2.75, 3.05) is 12.4 Å². The molecule has 0 saturated carbocycles. The first-order valence-corrected chi connectivity index (χ1v) is 13.4. The summed E-state index contributed by atoms with van der Waals surface area (Å²) in [5, 5.41) is 13.6. The first-order chi connectivity index (χ1) is 18.2. The zero-order chi connectivity index (χ0) is 28.5. The molecular formula is C25H33N3O10S. The lowest BCUT2D eigenvalue weighted by atomic mass is 9.96. The molecule has 13 nitrogen and oxygen atoms in total. The van der Waals surface area contributed by atoms with Crippen LogP contribution in [0.3, 0.4) is 0 Å². The molecule has 2 amide bonds. The van der Waals surface area contributed by atoms with Gasteiger partial charge in [-0.2, -0.15) is 0 Å². The number of benzene rings is 1. The number of anilines is 1. The quantitative estimate of drug-likeness (QED) is 0.307. The van der Waals surface area contributed by atoms with E-state index in [0.29, 0.717) is 6.41 Å². The minimum atomic E-state index is -0.987. The molecule has 1 N–H and O–H groups in total. The molecular weight excluding hydrogens is 534 g/mol. The lowest BCUT2D eigenvalue weighted by Crippen LogP contribution is -2.61. The van der Waals surface area contributed by atoms with Crippen LogP contribution in [0.4, 0.5) is 11.4 Å². The predicted octanol–water partition coefficient (Wildman–Crippen LogP) is 2.62. The molecule has 39 heavy (non-hydrogen) atoms. The third kappa shape index (κ3) is 4.98. The molecule has 0 aliphatic carbocycles. The van der Waals surface area contributed by atoms with Crippen molar-refractivity contribution >= 4 is 35.5 Å². The van der Waals surface area contributed by atoms with Crippen molar-refractivity contribution < 1.29 is 42.9 Å². The van der Waals surface area contributed by atoms with Gasteiger partial charge in [0.15, 0.2) is 17.9 Å². The fraction of sp³-hybridized carbons (Fsp3) is 0.680. The van der Waals surface area contributed by atoms with Crippen molar-refractivity contribution in [3.05, 3.63) is 28.3 Å². The number of methoxy groups -OCH3 is 1. The number of nitrogens with zero attached hydrogens (tertiary/aromatic N) is 2. The number of carbonyl (C=O) groups excluding carboxylic acids is 2. The monoisotopic (exact) mass is 567 g/mol. The zero-order valence-corrected chi connectivity index (χ0v) is 23.6. The highest BCUT2D eigenvalue weighted by molar-refractivity contribution is 8.01. The Hall–Kier alpha value is -2.49. The molecule has 4 heterocycles. The number of nitro benzene ring substituents is 1. The summed E-state index contributed by atoms with van der Waals surface area (Å²) in [6, 6.07) is 3.14. The molecule has 0 radical (unpaired) electrons. The molecule has 0 unspecified atom stereocenters. The number of rotatable bonds is 6. The van der Waals surface area contributed by atoms with Crippen LogP contribution < -0.4 is 10.1 Å². The van der Waals surface area contributed by atoms with Crippen LogP contribution in [-0.2, 0) is 33.3 Å². The fourth-order valence-electron chi connectivity index (χ4n) is 5.72. The van der Waals surface area contributed by atoms with E-state index >= 15 is 0 Å². The summed E-state index contributed by atoms with van der Waals surface area (Å²) in [4.78, 5) is 38.6. The lowest BCUT2D eigenvalue weighted by Gasteiger charge is -2.41. The van der Waals surface area contributed by atoms with Gasteiger partial charge >= 0.3 is 0 Å². The highest BCUT2D eigenvalue weighted by Gasteiger charge is 2.65. The fourth-order valence-corrected chi connectivity index (χ4v) is 7.35. The van der Waals surface area contributed by atoms with Gasteiger partial charge in [0.2, 0.25) is 12.3 Å². The van der Waals surface area contributed by atoms with Gasteiger partial charge in [-0.15, -0.1) is 11.8 Å². The van der Waals surface area contributed by atoms with Gasteiger partial charge in [0, 0.05) is 4.75 Å². The van der Waals surface area contributed by atoms with Crippen molar-refractivity contribution in [2.24, 2.45) is 0 Å². The lowest BCUT2D eigenvalue weighted by molar-refractivity contribution is -0.384. The van der Waals surface area contributed by atoms with Gasteiger partial charge in [-0.25, -0.2) is 0 Å². The summed E-state index contributed by atoms with van der Waals surface area (Å²) in [5.41, 5.74) is -0.338. The van der Waals surface area contributed by atoms with Gasteiger partial charge in [0.1, 0.15) is 47.3 Å². The average Bonchev–Trinajstić information content (AvgIpc) is 3.43. The Morgan fingerprint density at radius 1 is 1.05 bits per heavy atom. The van der Waals surface area contributed by atoms with Gasteiger partial charge in [-0.3, -0.25) is 19.7 Å². The Morgan fingerprint density at radius 2 is 1.67 bits per heavy atom. The van der Waals surface area contributed by atoms with E-state index in [1.807, 2.05) is 13.8 Å². The highest BCUT2D eigenvalue weighted by atomic mass is 32.2. The number of nitro groups is 1. The molecule has 0 spiro atoms. The van der Waals surface area contributed by atoms with Crippen molar-refractivity contribution in [3.63, 3.8) is 0 Å². The average molecular weight is 568 g/mol. The van der Waals surface area contributed by atoms with Crippen molar-refractivity contribution in [3.8, 4) is 5.75 Å². The van der Waals surface area contributed by atoms with E-state index in [2.05, 4.69) is 5.32 Å². The summed E-state index contributed by atoms with van der Waals surface area (Å²) in [5.74, 6) is -2.15. The molecule has 4 aliphatic heterocycles. The summed E-state index contributed by atoms with van der Waals surface area (Å²) in [7, 11) is 1.39. The Balaban J connectivity index is 1.44. The standard InChI is InChI=1S/C25H33N3O10S/c1-23(2)19(20(30)26-13-9-8-12(33-7)10-14(13)28(31)32)27(11-29)21(39-23)17-15-16(36-24(3,4)35-15)18-22(34-17)38-25(5,6)37-18/h8-11,15-19,21-22H,1-7H3,(H,26,30)/t15-,16+,17+,18-,19-,21+,22-/m1/s1. The topological polar surface area (TPSA) is 148 Å². The minimum Gasteiger partial charge on any atom is -0.496 e. The van der Waals surface area contributed by atoms with Crippen molar-refractivity contribution in [1.29, 1.82) is 0 Å². The van der Waals surface area contributed by atoms with Crippen molar-refractivity contribution in [2.45, 2.75) is 100.0 Å². The highest BCUT2D eigenvalue weighted by Crippen LogP contribution is 2.52. The smallest absolute Gasteiger partial charge is 0.296 e. The molecule has 4 fully saturated rings. The molecule has 0 aromatic heterocycles. The van der Waals surface area contributed by atoms with E-state index in [-0.39, 0.29) is 17.1 Å². The first kappa shape index (κ1) is 28.1. The second kappa shape index (κ2) is 9.56. The van der Waals surface area contributed by atoms with Gasteiger partial charge in [0.25, 0.3) is 5.69 Å². The van der Waals surface area contributed by atoms with E-state index in [1.165, 1.54) is 42.0 Å². The Bertz CT molecular complexity index is 1180. The van der Waals surface area contributed by atoms with Crippen LogP contribution in [0.5, 0.6) is 5.75 Å². The Kier molecular flexibility index (Phi) is 6.88. The zero-order valence-electron chi connectivity index (χ0n) is 22.7. The van der Waals surface area contributed by atoms with Crippen LogP contribution in [0.25, 0.3) is 0 Å². The summed E-state index contributed by atoms with van der Waals surface area (Å²) < 4.78 is 35.2. The molecule has 1 aromatic rings. The SMILES string of the molecule is COc1ccc(NC(=O)[C@H]2N(C=O)[C@H]([C@H]3O[C@@H]4OC(C)(C)O[C@@H]4[C@H]4OC(C)(C)O[C@H]43)SC2(C)C)c([N+](=O)[O-])c1. The Morgan fingerprint density at radius 3 is 2.28 bits per heavy atom. The second-order valence-corrected chi connectivity index (χ2v) is 13.1. The van der Waals surface area contributed by atoms with Crippen LogP contribution in [0.15, 0.2) is 18.2 Å². The van der Waals surface area contributed by atoms with Crippen molar-refractivity contribution in [1.82, 2.24) is 4.90 Å². The van der Waals surface area contributed by atoms with Crippen LogP contribution in [0.2, 0.25) is 0 Å². The maximum absolute atomic E-state index is 13.6. The van der Waals surface area contributed by atoms with E-state index in [1.54, 1.807) is 27.7 Å². The maximum Gasteiger partial charge on any atom is 0.296 e. The van der Waals surface area contributed by atoms with Crippen LogP contribution >= 0.6 is 11.8 Å². The molecule has 4 saturated heterocycles. The van der Waals surface area contributed by atoms with Crippen LogP contribution in [0, 0.1) is 10.1 Å². The first-order valence-electron chi connectivity index (χ1n) is 12.6. The predicted molar refractivity (Wildman–Crippen MR) is 138 cm³/mol. The van der Waals surface area contributed by atoms with Gasteiger partial charge in [-0.1, -0.05) is 0 Å². The molecule has 5 rings (SSSR count). The van der Waals surface area contributed by atoms with Crippen LogP contribution in [0.1, 0.15) is 41.5 Å². The normalized spacial score (nSPS) is 35.7. The van der Waals surface area contributed by atoms with Gasteiger partial charge in [0.05, 0.1) is 18.1 Å². The number of hydrogen-bond donors (Lipinski definition) is 1. The molecule has 4 aliphatic rings. The number of nitrogens with one attached hydrogen (secondary N) is 1. The van der Waals surface area contributed by atoms with Gasteiger partial charge in [-0.05, 0) is 53.7 Å². The number of hydrogen-bond acceptors (Lipinski definition) is 11. The molecule has 214 valence electrons. The maximum atomic E-state index is 13.6. The summed E-state index contributed by atoms with van der Waals surface area (Å²) >= 11 is 1.38. The minimum absolute atomic E-state index is 0.00858. The third-order valence-electron chi connectivity index (χ3n) is 7.18. The van der Waals surface area contributed by atoms with E-state index < -0.39 is 69.3 Å². The number of fused-ring (bicyclic) bond motifs is 3. The number of amides is 2. The van der Waals surface area contributed by atoms with Crippen LogP contribution in [-0.4, -0.2) is 87.7 Å².